The molecule has 1 amide bonds. The fourth-order valence-corrected chi connectivity index (χ4v) is 2.21. The molecule has 1 aliphatic heterocycles. The van der Waals surface area contributed by atoms with Crippen molar-refractivity contribution in [2.75, 3.05) is 23.7 Å². The lowest BCUT2D eigenvalue weighted by Gasteiger charge is -2.20. The van der Waals surface area contributed by atoms with E-state index in [-0.39, 0.29) is 11.8 Å². The predicted molar refractivity (Wildman–Crippen MR) is 65.4 cm³/mol. The molecular formula is C11H14ClN3O. The molecule has 0 radical (unpaired) electrons. The van der Waals surface area contributed by atoms with Gasteiger partial charge in [0.05, 0.1) is 17.3 Å². The van der Waals surface area contributed by atoms with Crippen molar-refractivity contribution in [3.8, 4) is 0 Å². The number of rotatable bonds is 2. The van der Waals surface area contributed by atoms with Crippen molar-refractivity contribution >= 4 is 28.9 Å². The first-order chi connectivity index (χ1) is 7.58. The lowest BCUT2D eigenvalue weighted by atomic mass is 10.1. The Morgan fingerprint density at radius 1 is 1.50 bits per heavy atom. The van der Waals surface area contributed by atoms with Gasteiger partial charge in [0.15, 0.2) is 0 Å². The minimum atomic E-state index is -0.241. The maximum atomic E-state index is 11.1. The van der Waals surface area contributed by atoms with E-state index in [1.54, 1.807) is 12.1 Å². The van der Waals surface area contributed by atoms with E-state index < -0.39 is 0 Å². The quantitative estimate of drug-likeness (QED) is 0.763. The van der Waals surface area contributed by atoms with E-state index in [2.05, 4.69) is 4.90 Å². The van der Waals surface area contributed by atoms with Gasteiger partial charge in [0.2, 0.25) is 5.91 Å². The SMILES string of the molecule is NC(=O)C1CCN(c2ccc(Cl)cc2N)C1. The third-order valence-corrected chi connectivity index (χ3v) is 3.16. The van der Waals surface area contributed by atoms with Crippen LogP contribution in [0.5, 0.6) is 0 Å². The molecule has 0 aromatic heterocycles. The number of benzene rings is 1. The van der Waals surface area contributed by atoms with Crippen molar-refractivity contribution in [3.63, 3.8) is 0 Å². The standard InChI is InChI=1S/C11H14ClN3O/c12-8-1-2-10(9(13)5-8)15-4-3-7(6-15)11(14)16/h1-2,5,7H,3-4,6,13H2,(H2,14,16). The van der Waals surface area contributed by atoms with Gasteiger partial charge in [0, 0.05) is 18.1 Å². The van der Waals surface area contributed by atoms with Gasteiger partial charge >= 0.3 is 0 Å². The summed E-state index contributed by atoms with van der Waals surface area (Å²) in [5, 5.41) is 0.617. The number of hydrogen-bond acceptors (Lipinski definition) is 3. The van der Waals surface area contributed by atoms with Crippen LogP contribution < -0.4 is 16.4 Å². The van der Waals surface area contributed by atoms with Gasteiger partial charge in [-0.3, -0.25) is 4.79 Å². The minimum absolute atomic E-state index is 0.0740. The van der Waals surface area contributed by atoms with Crippen LogP contribution in [0.4, 0.5) is 11.4 Å². The highest BCUT2D eigenvalue weighted by Crippen LogP contribution is 2.30. The monoisotopic (exact) mass is 239 g/mol. The fraction of sp³-hybridized carbons (Fsp3) is 0.364. The molecule has 1 aliphatic rings. The molecule has 4 nitrogen and oxygen atoms in total. The predicted octanol–water partition coefficient (Wildman–Crippen LogP) is 1.23. The highest BCUT2D eigenvalue weighted by atomic mass is 35.5. The van der Waals surface area contributed by atoms with Crippen molar-refractivity contribution in [3.05, 3.63) is 23.2 Å². The summed E-state index contributed by atoms with van der Waals surface area (Å²) in [6, 6.07) is 5.39. The van der Waals surface area contributed by atoms with Crippen LogP contribution in [0.3, 0.4) is 0 Å². The molecule has 0 spiro atoms. The molecule has 0 saturated carbocycles. The van der Waals surface area contributed by atoms with Crippen LogP contribution in [0.2, 0.25) is 5.02 Å². The molecule has 1 saturated heterocycles. The Bertz CT molecular complexity index is 422. The molecule has 1 aromatic rings. The van der Waals surface area contributed by atoms with E-state index in [0.717, 1.165) is 18.7 Å². The highest BCUT2D eigenvalue weighted by molar-refractivity contribution is 6.31. The number of nitrogens with zero attached hydrogens (tertiary/aromatic N) is 1. The second kappa shape index (κ2) is 4.22. The first-order valence-corrected chi connectivity index (χ1v) is 5.55. The summed E-state index contributed by atoms with van der Waals surface area (Å²) >= 11 is 5.83. The van der Waals surface area contributed by atoms with E-state index in [1.165, 1.54) is 0 Å². The number of nitrogens with two attached hydrogens (primary N) is 2. The van der Waals surface area contributed by atoms with Crippen LogP contribution >= 0.6 is 11.6 Å². The highest BCUT2D eigenvalue weighted by Gasteiger charge is 2.27. The Kier molecular flexibility index (Phi) is 2.92. The van der Waals surface area contributed by atoms with Crippen LogP contribution in [0.1, 0.15) is 6.42 Å². The first kappa shape index (κ1) is 11.1. The fourth-order valence-electron chi connectivity index (χ4n) is 2.02. The number of primary amides is 1. The summed E-state index contributed by atoms with van der Waals surface area (Å²) in [4.78, 5) is 13.1. The second-order valence-electron chi connectivity index (χ2n) is 4.04. The van der Waals surface area contributed by atoms with E-state index in [0.29, 0.717) is 17.3 Å². The van der Waals surface area contributed by atoms with E-state index >= 15 is 0 Å². The van der Waals surface area contributed by atoms with E-state index in [4.69, 9.17) is 23.1 Å². The van der Waals surface area contributed by atoms with Gasteiger partial charge in [0.1, 0.15) is 0 Å². The Morgan fingerprint density at radius 3 is 2.81 bits per heavy atom. The Balaban J connectivity index is 2.17. The van der Waals surface area contributed by atoms with Gasteiger partial charge in [0.25, 0.3) is 0 Å². The van der Waals surface area contributed by atoms with Crippen molar-refractivity contribution in [1.82, 2.24) is 0 Å². The number of amides is 1. The number of hydrogen-bond donors (Lipinski definition) is 2. The summed E-state index contributed by atoms with van der Waals surface area (Å²) in [6.45, 7) is 1.45. The summed E-state index contributed by atoms with van der Waals surface area (Å²) in [5.74, 6) is -0.315. The average Bonchev–Trinajstić information content (AvgIpc) is 2.66. The zero-order valence-corrected chi connectivity index (χ0v) is 9.57. The molecule has 16 heavy (non-hydrogen) atoms. The van der Waals surface area contributed by atoms with Gasteiger partial charge in [-0.2, -0.15) is 0 Å². The smallest absolute Gasteiger partial charge is 0.222 e. The summed E-state index contributed by atoms with van der Waals surface area (Å²) in [7, 11) is 0. The maximum absolute atomic E-state index is 11.1. The molecule has 2 rings (SSSR count). The van der Waals surface area contributed by atoms with Gasteiger partial charge in [-0.25, -0.2) is 0 Å². The third-order valence-electron chi connectivity index (χ3n) is 2.92. The largest absolute Gasteiger partial charge is 0.397 e. The molecule has 86 valence electrons. The van der Waals surface area contributed by atoms with Crippen LogP contribution in [-0.4, -0.2) is 19.0 Å². The lowest BCUT2D eigenvalue weighted by Crippen LogP contribution is -2.27. The summed E-state index contributed by atoms with van der Waals surface area (Å²) in [6.07, 6.45) is 0.789. The summed E-state index contributed by atoms with van der Waals surface area (Å²) in [5.41, 5.74) is 12.7. The maximum Gasteiger partial charge on any atom is 0.222 e. The molecule has 0 aliphatic carbocycles. The number of halogens is 1. The number of nitrogen functional groups attached to an aromatic ring is 1. The van der Waals surface area contributed by atoms with Crippen LogP contribution in [0, 0.1) is 5.92 Å². The zero-order valence-electron chi connectivity index (χ0n) is 8.82. The van der Waals surface area contributed by atoms with Gasteiger partial charge in [-0.15, -0.1) is 0 Å². The first-order valence-electron chi connectivity index (χ1n) is 5.17. The Hall–Kier alpha value is -1.42. The van der Waals surface area contributed by atoms with Crippen LogP contribution in [0.25, 0.3) is 0 Å². The molecule has 0 bridgehead atoms. The Labute approximate surface area is 99.2 Å². The number of carbonyl (C=O) groups excluding carboxylic acids is 1. The topological polar surface area (TPSA) is 72.4 Å². The molecule has 4 N–H and O–H groups in total. The summed E-state index contributed by atoms with van der Waals surface area (Å²) < 4.78 is 0. The minimum Gasteiger partial charge on any atom is -0.397 e. The van der Waals surface area contributed by atoms with Crippen LogP contribution in [-0.2, 0) is 4.79 Å². The molecule has 5 heteroatoms. The van der Waals surface area contributed by atoms with Crippen molar-refractivity contribution in [2.45, 2.75) is 6.42 Å². The number of anilines is 2. The molecule has 1 atom stereocenters. The number of carbonyl (C=O) groups is 1. The van der Waals surface area contributed by atoms with Crippen molar-refractivity contribution < 1.29 is 4.79 Å². The normalized spacial score (nSPS) is 20.1. The lowest BCUT2D eigenvalue weighted by molar-refractivity contribution is -0.121. The van der Waals surface area contributed by atoms with E-state index in [1.807, 2.05) is 6.07 Å². The van der Waals surface area contributed by atoms with Crippen molar-refractivity contribution in [2.24, 2.45) is 11.7 Å². The molecular weight excluding hydrogens is 226 g/mol. The van der Waals surface area contributed by atoms with Gasteiger partial charge in [-0.05, 0) is 24.6 Å². The second-order valence-corrected chi connectivity index (χ2v) is 4.47. The van der Waals surface area contributed by atoms with Gasteiger partial charge < -0.3 is 16.4 Å². The molecule has 1 aromatic carbocycles. The van der Waals surface area contributed by atoms with E-state index in [9.17, 15) is 4.79 Å². The molecule has 1 heterocycles. The Morgan fingerprint density at radius 2 is 2.25 bits per heavy atom. The third kappa shape index (κ3) is 2.07. The molecule has 1 unspecified atom stereocenters. The average molecular weight is 240 g/mol. The zero-order chi connectivity index (χ0) is 11.7. The van der Waals surface area contributed by atoms with Gasteiger partial charge in [-0.1, -0.05) is 11.6 Å². The van der Waals surface area contributed by atoms with Crippen molar-refractivity contribution in [1.29, 1.82) is 0 Å². The van der Waals surface area contributed by atoms with Crippen LogP contribution in [0.15, 0.2) is 18.2 Å². The molecule has 1 fully saturated rings.